The van der Waals surface area contributed by atoms with E-state index in [1.165, 1.54) is 11.8 Å². The molecule has 3 aromatic rings. The third kappa shape index (κ3) is 1.50. The van der Waals surface area contributed by atoms with Crippen molar-refractivity contribution in [2.24, 2.45) is 0 Å². The average Bonchev–Trinajstić information content (AvgIpc) is 2.97. The molecular weight excluding hydrogens is 240 g/mol. The van der Waals surface area contributed by atoms with Crippen LogP contribution in [0.3, 0.4) is 0 Å². The summed E-state index contributed by atoms with van der Waals surface area (Å²) in [7, 11) is 0. The highest BCUT2D eigenvalue weighted by molar-refractivity contribution is 7.98. The van der Waals surface area contributed by atoms with Crippen LogP contribution in [0, 0.1) is 0 Å². The van der Waals surface area contributed by atoms with Gasteiger partial charge in [0, 0.05) is 17.1 Å². The molecule has 0 spiro atoms. The molecular formula is C10H8N4S2. The van der Waals surface area contributed by atoms with E-state index in [-0.39, 0.29) is 0 Å². The molecule has 0 fully saturated rings. The molecule has 0 N–H and O–H groups in total. The zero-order valence-electron chi connectivity index (χ0n) is 8.49. The average molecular weight is 248 g/mol. The molecule has 16 heavy (non-hydrogen) atoms. The first-order valence-electron chi connectivity index (χ1n) is 4.67. The first kappa shape index (κ1) is 9.80. The van der Waals surface area contributed by atoms with Crippen LogP contribution in [0.1, 0.15) is 0 Å². The van der Waals surface area contributed by atoms with Crippen LogP contribution < -0.4 is 0 Å². The molecule has 0 aliphatic carbocycles. The highest BCUT2D eigenvalue weighted by Gasteiger charge is 2.08. The quantitative estimate of drug-likeness (QED) is 0.654. The fraction of sp³-hybridized carbons (Fsp3) is 0.100. The molecule has 3 aromatic heterocycles. The predicted molar refractivity (Wildman–Crippen MR) is 65.9 cm³/mol. The zero-order valence-corrected chi connectivity index (χ0v) is 10.1. The number of thioether (sulfide) groups is 1. The number of fused-ring (bicyclic) bond motifs is 1. The highest BCUT2D eigenvalue weighted by atomic mass is 32.2. The minimum atomic E-state index is 0.646. The fourth-order valence-electron chi connectivity index (χ4n) is 1.49. The van der Waals surface area contributed by atoms with Crippen molar-refractivity contribution in [2.45, 2.75) is 5.16 Å². The van der Waals surface area contributed by atoms with Gasteiger partial charge < -0.3 is 0 Å². The van der Waals surface area contributed by atoms with Gasteiger partial charge in [0.25, 0.3) is 5.78 Å². The van der Waals surface area contributed by atoms with Gasteiger partial charge in [-0.05, 0) is 23.8 Å². The molecule has 6 heteroatoms. The van der Waals surface area contributed by atoms with Gasteiger partial charge >= 0.3 is 0 Å². The molecule has 0 radical (unpaired) electrons. The summed E-state index contributed by atoms with van der Waals surface area (Å²) in [6.45, 7) is 0. The van der Waals surface area contributed by atoms with Crippen molar-refractivity contribution >= 4 is 28.9 Å². The van der Waals surface area contributed by atoms with E-state index in [2.05, 4.69) is 26.5 Å². The van der Waals surface area contributed by atoms with Crippen molar-refractivity contribution in [2.75, 3.05) is 6.26 Å². The van der Waals surface area contributed by atoms with Gasteiger partial charge in [0.05, 0.1) is 5.69 Å². The van der Waals surface area contributed by atoms with Gasteiger partial charge in [-0.3, -0.25) is 0 Å². The molecule has 0 unspecified atom stereocenters. The van der Waals surface area contributed by atoms with Gasteiger partial charge in [0.2, 0.25) is 5.16 Å². The minimum absolute atomic E-state index is 0.646. The Morgan fingerprint density at radius 3 is 3.06 bits per heavy atom. The fourth-order valence-corrected chi connectivity index (χ4v) is 2.48. The third-order valence-corrected chi connectivity index (χ3v) is 3.44. The summed E-state index contributed by atoms with van der Waals surface area (Å²) < 4.78 is 1.79. The lowest BCUT2D eigenvalue weighted by Gasteiger charge is -1.99. The van der Waals surface area contributed by atoms with Crippen molar-refractivity contribution in [3.05, 3.63) is 29.1 Å². The second-order valence-electron chi connectivity index (χ2n) is 3.15. The summed E-state index contributed by atoms with van der Waals surface area (Å²) >= 11 is 3.19. The molecule has 0 saturated heterocycles. The number of nitrogens with zero attached hydrogens (tertiary/aromatic N) is 4. The van der Waals surface area contributed by atoms with Crippen LogP contribution in [0.4, 0.5) is 0 Å². The first-order valence-corrected chi connectivity index (χ1v) is 6.83. The Hall–Kier alpha value is -1.40. The van der Waals surface area contributed by atoms with Crippen LogP contribution in [0.2, 0.25) is 0 Å². The molecule has 3 rings (SSSR count). The molecule has 0 saturated carbocycles. The van der Waals surface area contributed by atoms with Gasteiger partial charge in [-0.15, -0.1) is 5.10 Å². The van der Waals surface area contributed by atoms with E-state index in [1.54, 1.807) is 22.0 Å². The second kappa shape index (κ2) is 3.88. The van der Waals surface area contributed by atoms with Crippen LogP contribution in [-0.2, 0) is 0 Å². The normalized spacial score (nSPS) is 11.1. The van der Waals surface area contributed by atoms with Gasteiger partial charge in [-0.25, -0.2) is 4.98 Å². The topological polar surface area (TPSA) is 43.1 Å². The van der Waals surface area contributed by atoms with Crippen LogP contribution in [0.25, 0.3) is 17.0 Å². The van der Waals surface area contributed by atoms with Gasteiger partial charge in [-0.2, -0.15) is 20.8 Å². The lowest BCUT2D eigenvalue weighted by Crippen LogP contribution is -1.94. The lowest BCUT2D eigenvalue weighted by molar-refractivity contribution is 0.888. The van der Waals surface area contributed by atoms with Crippen molar-refractivity contribution in [3.8, 4) is 11.3 Å². The largest absolute Gasteiger partial charge is 0.253 e. The molecule has 0 aliphatic heterocycles. The Balaban J connectivity index is 2.28. The maximum absolute atomic E-state index is 4.40. The van der Waals surface area contributed by atoms with Crippen LogP contribution in [0.5, 0.6) is 0 Å². The third-order valence-electron chi connectivity index (χ3n) is 2.22. The van der Waals surface area contributed by atoms with Gasteiger partial charge in [-0.1, -0.05) is 11.8 Å². The summed E-state index contributed by atoms with van der Waals surface area (Å²) in [6, 6.07) is 4.02. The lowest BCUT2D eigenvalue weighted by atomic mass is 10.2. The maximum atomic E-state index is 4.40. The monoisotopic (exact) mass is 248 g/mol. The number of hydrogen-bond acceptors (Lipinski definition) is 5. The van der Waals surface area contributed by atoms with Crippen LogP contribution in [-0.4, -0.2) is 25.8 Å². The number of hydrogen-bond donors (Lipinski definition) is 0. The Kier molecular flexibility index (Phi) is 2.37. The molecule has 0 aliphatic rings. The predicted octanol–water partition coefficient (Wildman–Crippen LogP) is 2.57. The van der Waals surface area contributed by atoms with Crippen LogP contribution >= 0.6 is 23.1 Å². The highest BCUT2D eigenvalue weighted by Crippen LogP contribution is 2.22. The van der Waals surface area contributed by atoms with E-state index in [4.69, 9.17) is 0 Å². The number of aromatic nitrogens is 4. The van der Waals surface area contributed by atoms with E-state index in [0.717, 1.165) is 16.4 Å². The molecule has 4 nitrogen and oxygen atoms in total. The Labute approximate surface area is 100 Å². The van der Waals surface area contributed by atoms with Gasteiger partial charge in [0.15, 0.2) is 0 Å². The van der Waals surface area contributed by atoms with E-state index >= 15 is 0 Å². The van der Waals surface area contributed by atoms with Crippen molar-refractivity contribution in [3.63, 3.8) is 0 Å². The standard InChI is InChI=1S/C10H8N4S2/c1-15-10-12-9-11-4-2-8(14(9)13-10)7-3-5-16-6-7/h2-6H,1H3. The molecule has 0 atom stereocenters. The maximum Gasteiger partial charge on any atom is 0.253 e. The SMILES string of the molecule is CSc1nc2nccc(-c3ccsc3)n2n1. The van der Waals surface area contributed by atoms with E-state index in [1.807, 2.05) is 17.7 Å². The smallest absolute Gasteiger partial charge is 0.220 e. The Morgan fingerprint density at radius 2 is 2.31 bits per heavy atom. The number of rotatable bonds is 2. The van der Waals surface area contributed by atoms with E-state index in [9.17, 15) is 0 Å². The first-order chi connectivity index (χ1) is 7.88. The molecule has 0 aromatic carbocycles. The number of thiophene rings is 1. The summed E-state index contributed by atoms with van der Waals surface area (Å²) in [5.41, 5.74) is 2.18. The Morgan fingerprint density at radius 1 is 1.38 bits per heavy atom. The van der Waals surface area contributed by atoms with Crippen LogP contribution in [0.15, 0.2) is 34.2 Å². The molecule has 0 bridgehead atoms. The van der Waals surface area contributed by atoms with Crippen molar-refractivity contribution in [1.82, 2.24) is 19.6 Å². The minimum Gasteiger partial charge on any atom is -0.220 e. The molecule has 80 valence electrons. The molecule has 3 heterocycles. The van der Waals surface area contributed by atoms with Gasteiger partial charge in [0.1, 0.15) is 0 Å². The second-order valence-corrected chi connectivity index (χ2v) is 4.71. The zero-order chi connectivity index (χ0) is 11.0. The Bertz CT molecular complexity index is 615. The summed E-state index contributed by atoms with van der Waals surface area (Å²) in [6.07, 6.45) is 3.72. The summed E-state index contributed by atoms with van der Waals surface area (Å²) in [5.74, 6) is 0.646. The van der Waals surface area contributed by atoms with E-state index in [0.29, 0.717) is 5.78 Å². The van der Waals surface area contributed by atoms with Crippen molar-refractivity contribution in [1.29, 1.82) is 0 Å². The van der Waals surface area contributed by atoms with Crippen molar-refractivity contribution < 1.29 is 0 Å². The van der Waals surface area contributed by atoms with E-state index < -0.39 is 0 Å². The molecule has 0 amide bonds. The summed E-state index contributed by atoms with van der Waals surface area (Å²) in [5, 5.41) is 9.29. The summed E-state index contributed by atoms with van der Waals surface area (Å²) in [4.78, 5) is 8.51.